The van der Waals surface area contributed by atoms with Crippen molar-refractivity contribution in [3.8, 4) is 0 Å². The van der Waals surface area contributed by atoms with E-state index < -0.39 is 11.9 Å². The molecule has 4 nitrogen and oxygen atoms in total. The normalized spacial score (nSPS) is 4.90. The maximum Gasteiger partial charge on any atom is 2.00 e. The maximum absolute atomic E-state index is 9.00. The molecule has 0 spiro atoms. The fourth-order valence-corrected chi connectivity index (χ4v) is 0. The molecule has 0 aromatic carbocycles. The fourth-order valence-electron chi connectivity index (χ4n) is 0. The van der Waals surface area contributed by atoms with E-state index in [1.165, 1.54) is 0 Å². The second kappa shape index (κ2) is 17.1. The summed E-state index contributed by atoms with van der Waals surface area (Å²) < 4.78 is 0. The molecule has 0 unspecified atom stereocenters. The number of aliphatic carboxylic acids is 2. The molecule has 0 radical (unpaired) electrons. The van der Waals surface area contributed by atoms with Gasteiger partial charge in [-0.2, -0.15) is 0 Å². The van der Waals surface area contributed by atoms with Gasteiger partial charge in [-0.15, -0.1) is 0 Å². The maximum atomic E-state index is 9.00. The van der Waals surface area contributed by atoms with Crippen LogP contribution in [-0.4, -0.2) is 117 Å². The number of hydrogen-bond donors (Lipinski definition) is 2. The quantitative estimate of drug-likeness (QED) is 0.457. The van der Waals surface area contributed by atoms with Crippen molar-refractivity contribution in [3.05, 3.63) is 6.92 Å². The number of carboxylic acids is 2. The van der Waals surface area contributed by atoms with Gasteiger partial charge >= 0.3 is 94.4 Å². The van der Waals surface area contributed by atoms with Crippen LogP contribution in [0.3, 0.4) is 0 Å². The molecule has 0 amide bonds. The number of rotatable bonds is 0. The molecule has 0 aliphatic carbocycles. The monoisotopic (exact) mass is 347 g/mol. The second-order valence-electron chi connectivity index (χ2n) is 0.913. The van der Waals surface area contributed by atoms with Gasteiger partial charge in [-0.3, -0.25) is 16.5 Å². The van der Waals surface area contributed by atoms with E-state index >= 15 is 0 Å². The molecule has 0 atom stereocenters. The Morgan fingerprint density at radius 2 is 1.40 bits per heavy atom. The summed E-state index contributed by atoms with van der Waals surface area (Å²) in [4.78, 5) is 17.9. The molecule has 0 saturated carbocycles. The Morgan fingerprint density at radius 1 is 1.40 bits per heavy atom. The zero-order valence-electron chi connectivity index (χ0n) is 7.83. The molecule has 2 N–H and O–H groups in total. The van der Waals surface area contributed by atoms with Crippen LogP contribution >= 0.6 is 0 Å². The summed E-state index contributed by atoms with van der Waals surface area (Å²) in [5, 5.41) is 14.7. The minimum atomic E-state index is -1.08. The summed E-state index contributed by atoms with van der Waals surface area (Å²) in [7, 11) is 0. The third-order valence-electron chi connectivity index (χ3n) is 0. The summed E-state index contributed by atoms with van der Waals surface area (Å²) in [6.45, 7) is 3.64. The minimum Gasteiger partial charge on any atom is -1.00 e. The third-order valence-corrected chi connectivity index (χ3v) is 0. The van der Waals surface area contributed by atoms with E-state index in [1.54, 1.807) is 0 Å². The molecular formula is C4H9BaO4Sr+. The van der Waals surface area contributed by atoms with Gasteiger partial charge in [-0.25, -0.2) is 0 Å². The van der Waals surface area contributed by atoms with Crippen LogP contribution in [0.1, 0.15) is 9.78 Å². The first-order chi connectivity index (χ1) is 3.46. The Labute approximate surface area is 140 Å². The van der Waals surface area contributed by atoms with Gasteiger partial charge in [0.25, 0.3) is 5.97 Å². The molecule has 10 heavy (non-hydrogen) atoms. The van der Waals surface area contributed by atoms with E-state index in [0.29, 0.717) is 0 Å². The van der Waals surface area contributed by atoms with Gasteiger partial charge in [0.15, 0.2) is 5.97 Å². The van der Waals surface area contributed by atoms with E-state index in [-0.39, 0.29) is 97.2 Å². The largest absolute Gasteiger partial charge is 2.00 e. The van der Waals surface area contributed by atoms with Crippen molar-refractivity contribution < 1.29 is 22.7 Å². The van der Waals surface area contributed by atoms with Gasteiger partial charge in [0.1, 0.15) is 0 Å². The van der Waals surface area contributed by atoms with E-state index in [2.05, 4.69) is 6.92 Å². The standard InChI is InChI=1S/C2H4O2.C2H3O2.Ba.Sr.2H/c2*1-2(3)4;;;;/h1H3,(H,3,4);1H2,(H,3,4);;;;/q;-1;2*+2;2*-1. The van der Waals surface area contributed by atoms with Crippen molar-refractivity contribution >= 4 is 106 Å². The zero-order chi connectivity index (χ0) is 7.15. The summed E-state index contributed by atoms with van der Waals surface area (Å²) in [5.74, 6) is -1.92. The van der Waals surface area contributed by atoms with Gasteiger partial charge in [-0.05, 0) is 0 Å². The summed E-state index contributed by atoms with van der Waals surface area (Å²) in [6, 6.07) is 0. The van der Waals surface area contributed by atoms with Crippen LogP contribution in [0.25, 0.3) is 0 Å². The Kier molecular flexibility index (Phi) is 38.7. The predicted molar refractivity (Wildman–Crippen MR) is 40.0 cm³/mol. The first-order valence-corrected chi connectivity index (χ1v) is 1.71. The third kappa shape index (κ3) is 223. The molecule has 52 valence electrons. The number of hydrogen-bond acceptors (Lipinski definition) is 2. The van der Waals surface area contributed by atoms with E-state index in [0.717, 1.165) is 6.92 Å². The molecule has 0 aliphatic heterocycles. The van der Waals surface area contributed by atoms with Gasteiger partial charge in [0, 0.05) is 6.92 Å². The second-order valence-corrected chi connectivity index (χ2v) is 0.913. The first-order valence-electron chi connectivity index (χ1n) is 1.71. The number of carboxylic acid groups (broad SMARTS) is 2. The van der Waals surface area contributed by atoms with Crippen molar-refractivity contribution in [2.24, 2.45) is 0 Å². The molecule has 0 fully saturated rings. The molecule has 0 rings (SSSR count). The van der Waals surface area contributed by atoms with E-state index in [9.17, 15) is 0 Å². The van der Waals surface area contributed by atoms with Crippen molar-refractivity contribution in [1.82, 2.24) is 0 Å². The van der Waals surface area contributed by atoms with Crippen molar-refractivity contribution in [1.29, 1.82) is 0 Å². The van der Waals surface area contributed by atoms with Gasteiger partial charge in [-0.1, -0.05) is 0 Å². The summed E-state index contributed by atoms with van der Waals surface area (Å²) in [5.41, 5.74) is 0. The van der Waals surface area contributed by atoms with Crippen LogP contribution in [0.5, 0.6) is 0 Å². The molecule has 0 aromatic heterocycles. The minimum absolute atomic E-state index is 0. The van der Waals surface area contributed by atoms with Gasteiger partial charge < -0.3 is 13.1 Å². The Balaban J connectivity index is -0.0000000112. The van der Waals surface area contributed by atoms with Crippen molar-refractivity contribution in [2.75, 3.05) is 0 Å². The Morgan fingerprint density at radius 3 is 1.40 bits per heavy atom. The average Bonchev–Trinajstić information content (AvgIpc) is 1.25. The van der Waals surface area contributed by atoms with Crippen LogP contribution in [0.15, 0.2) is 0 Å². The molecule has 0 aliphatic rings. The van der Waals surface area contributed by atoms with Gasteiger partial charge in [0.05, 0.1) is 0 Å². The SMILES string of the molecule is CC(=O)O.[Ba+2].[CH2-]C(=O)O.[H-].[H-].[Sr+2]. The predicted octanol–water partition coefficient (Wildman–Crippen LogP) is -0.541. The smallest absolute Gasteiger partial charge is 1.00 e. The van der Waals surface area contributed by atoms with Crippen LogP contribution < -0.4 is 0 Å². The van der Waals surface area contributed by atoms with Crippen LogP contribution in [0, 0.1) is 6.92 Å². The van der Waals surface area contributed by atoms with E-state index in [4.69, 9.17) is 19.8 Å². The Bertz CT molecular complexity index is 83.1. The zero-order valence-corrected chi connectivity index (χ0v) is 13.7. The summed E-state index contributed by atoms with van der Waals surface area (Å²) in [6.07, 6.45) is 0. The van der Waals surface area contributed by atoms with Crippen LogP contribution in [0.2, 0.25) is 0 Å². The topological polar surface area (TPSA) is 74.6 Å². The molecule has 0 aromatic rings. The molecular weight excluding hydrogens is 337 g/mol. The molecule has 6 heteroatoms. The molecule has 0 saturated heterocycles. The molecule has 0 heterocycles. The van der Waals surface area contributed by atoms with Crippen molar-refractivity contribution in [3.63, 3.8) is 0 Å². The van der Waals surface area contributed by atoms with E-state index in [1.807, 2.05) is 0 Å². The number of carbonyl (C=O) groups is 2. The van der Waals surface area contributed by atoms with Gasteiger partial charge in [0.2, 0.25) is 0 Å². The summed E-state index contributed by atoms with van der Waals surface area (Å²) >= 11 is 0. The average molecular weight is 346 g/mol. The Hall–Kier alpha value is 1.86. The van der Waals surface area contributed by atoms with Crippen LogP contribution in [0.4, 0.5) is 0 Å². The van der Waals surface area contributed by atoms with Crippen LogP contribution in [-0.2, 0) is 9.59 Å². The fraction of sp³-hybridized carbons (Fsp3) is 0.250. The van der Waals surface area contributed by atoms with Crippen molar-refractivity contribution in [2.45, 2.75) is 6.92 Å². The molecule has 0 bridgehead atoms. The first kappa shape index (κ1) is 22.6.